The van der Waals surface area contributed by atoms with E-state index >= 15 is 0 Å². The molecular formula is C98H71BN2S3. The average Bonchev–Trinajstić information content (AvgIpc) is 0.992. The van der Waals surface area contributed by atoms with Crippen LogP contribution in [-0.4, -0.2) is 6.71 Å². The number of benzene rings is 15. The van der Waals surface area contributed by atoms with Gasteiger partial charge in [0.25, 0.3) is 6.71 Å². The molecule has 5 heterocycles. The van der Waals surface area contributed by atoms with E-state index in [9.17, 15) is 0 Å². The van der Waals surface area contributed by atoms with Crippen molar-refractivity contribution in [3.63, 3.8) is 0 Å². The van der Waals surface area contributed by atoms with E-state index < -0.39 is 0 Å². The molecule has 2 aliphatic heterocycles. The van der Waals surface area contributed by atoms with E-state index in [0.717, 1.165) is 50.6 Å². The first-order chi connectivity index (χ1) is 50.8. The van der Waals surface area contributed by atoms with Gasteiger partial charge in [0.1, 0.15) is 0 Å². The van der Waals surface area contributed by atoms with Crippen LogP contribution in [-0.2, 0) is 10.8 Å². The first-order valence-electron chi connectivity index (χ1n) is 36.2. The molecule has 6 heteroatoms. The van der Waals surface area contributed by atoms with Crippen LogP contribution in [0, 0.1) is 0 Å². The van der Waals surface area contributed by atoms with Gasteiger partial charge in [-0.3, -0.25) is 0 Å². The fourth-order valence-electron chi connectivity index (χ4n) is 16.8. The lowest BCUT2D eigenvalue weighted by atomic mass is 9.33. The zero-order valence-electron chi connectivity index (χ0n) is 58.8. The summed E-state index contributed by atoms with van der Waals surface area (Å²) in [5.41, 5.74) is 29.3. The van der Waals surface area contributed by atoms with Crippen LogP contribution in [0.4, 0.5) is 34.1 Å². The van der Waals surface area contributed by atoms with Crippen LogP contribution in [0.1, 0.15) is 52.7 Å². The van der Waals surface area contributed by atoms with Crippen molar-refractivity contribution >= 4 is 152 Å². The molecule has 494 valence electrons. The second kappa shape index (κ2) is 24.1. The number of nitrogens with zero attached hydrogens (tertiary/aromatic N) is 2. The van der Waals surface area contributed by atoms with Gasteiger partial charge < -0.3 is 9.80 Å². The number of anilines is 6. The van der Waals surface area contributed by atoms with E-state index in [4.69, 9.17) is 0 Å². The zero-order chi connectivity index (χ0) is 69.7. The van der Waals surface area contributed by atoms with Crippen LogP contribution in [0.25, 0.3) is 138 Å². The van der Waals surface area contributed by atoms with Crippen molar-refractivity contribution in [3.05, 3.63) is 333 Å². The number of thiophene rings is 3. The van der Waals surface area contributed by atoms with Gasteiger partial charge >= 0.3 is 0 Å². The lowest BCUT2D eigenvalue weighted by Crippen LogP contribution is -2.61. The number of rotatable bonds is 9. The van der Waals surface area contributed by atoms with Crippen molar-refractivity contribution in [2.24, 2.45) is 0 Å². The van der Waals surface area contributed by atoms with Gasteiger partial charge in [0.2, 0.25) is 0 Å². The summed E-state index contributed by atoms with van der Waals surface area (Å²) in [5.74, 6) is 0. The molecular weight excluding hydrogens is 1310 g/mol. The average molecular weight is 1380 g/mol. The van der Waals surface area contributed by atoms with Crippen molar-refractivity contribution in [3.8, 4) is 77.9 Å². The summed E-state index contributed by atoms with van der Waals surface area (Å²) < 4.78 is 7.68. The molecule has 0 saturated carbocycles. The number of hydrogen-bond donors (Lipinski definition) is 0. The Balaban J connectivity index is 1.00. The van der Waals surface area contributed by atoms with E-state index in [1.165, 1.54) is 149 Å². The van der Waals surface area contributed by atoms with Gasteiger partial charge in [-0.25, -0.2) is 0 Å². The molecule has 2 aliphatic rings. The molecule has 0 atom stereocenters. The molecule has 0 saturated heterocycles. The molecule has 20 rings (SSSR count). The summed E-state index contributed by atoms with van der Waals surface area (Å²) in [5, 5.41) is 7.61. The summed E-state index contributed by atoms with van der Waals surface area (Å²) in [6.45, 7) is 14.0. The van der Waals surface area contributed by atoms with Gasteiger partial charge in [0.05, 0.1) is 11.4 Å². The minimum atomic E-state index is -0.228. The fraction of sp³-hybridized carbons (Fsp3) is 0.0816. The number of fused-ring (bicyclic) bond motifs is 13. The van der Waals surface area contributed by atoms with Crippen LogP contribution in [0.15, 0.2) is 322 Å². The topological polar surface area (TPSA) is 6.48 Å². The van der Waals surface area contributed by atoms with Crippen LogP contribution in [0.3, 0.4) is 0 Å². The maximum absolute atomic E-state index is 2.77. The normalized spacial score (nSPS) is 12.8. The fourth-order valence-corrected chi connectivity index (χ4v) is 20.3. The highest BCUT2D eigenvalue weighted by Crippen LogP contribution is 2.57. The Labute approximate surface area is 619 Å². The molecule has 2 nitrogen and oxygen atoms in total. The van der Waals surface area contributed by atoms with Crippen LogP contribution >= 0.6 is 34.0 Å². The Kier molecular flexibility index (Phi) is 14.5. The predicted octanol–water partition coefficient (Wildman–Crippen LogP) is 27.1. The molecule has 0 unspecified atom stereocenters. The van der Waals surface area contributed by atoms with E-state index in [1.807, 2.05) is 34.0 Å². The summed E-state index contributed by atoms with van der Waals surface area (Å²) in [6, 6.07) is 123. The van der Waals surface area contributed by atoms with Gasteiger partial charge in [-0.15, -0.1) is 34.0 Å². The molecule has 104 heavy (non-hydrogen) atoms. The second-order valence-corrected chi connectivity index (χ2v) is 33.5. The van der Waals surface area contributed by atoms with E-state index in [0.29, 0.717) is 0 Å². The van der Waals surface area contributed by atoms with Crippen molar-refractivity contribution in [1.82, 2.24) is 0 Å². The van der Waals surface area contributed by atoms with Gasteiger partial charge in [-0.1, -0.05) is 272 Å². The van der Waals surface area contributed by atoms with Crippen molar-refractivity contribution < 1.29 is 0 Å². The van der Waals surface area contributed by atoms with Crippen LogP contribution < -0.4 is 26.2 Å². The summed E-state index contributed by atoms with van der Waals surface area (Å²) >= 11 is 5.74. The minimum Gasteiger partial charge on any atom is -0.310 e. The van der Waals surface area contributed by atoms with Gasteiger partial charge in [-0.2, -0.15) is 0 Å². The van der Waals surface area contributed by atoms with Gasteiger partial charge in [-0.05, 0) is 185 Å². The Morgan fingerprint density at radius 3 is 1.02 bits per heavy atom. The lowest BCUT2D eigenvalue weighted by molar-refractivity contribution is 0.590. The standard InChI is InChI=1S/C98H71BN2S3/c1-97(2,3)69-52-76(62-32-15-9-16-33-62)94(78(54-69)66-38-25-36-64(48-66)60-28-11-7-12-29-60)100-84-56-80-73-41-20-22-45-88(73)102-91(80)58-82(84)99-83-59-92-81(74-42-21-23-46-89(74)103-92)57-85(83)101(87-51-68(50-86(100)93(87)99)71-43-27-44-75-72-40-19-24-47-90(72)104-96(71)75)95-77(63-34-17-10-18-35-63)53-70(98(4,5)6)55-79(95)67-39-26-37-65(49-67)61-30-13-8-14-31-61/h7-59H,1-6H3. The zero-order valence-corrected chi connectivity index (χ0v) is 61.2. The Hall–Kier alpha value is -11.4. The van der Waals surface area contributed by atoms with E-state index in [2.05, 4.69) is 373 Å². The monoisotopic (exact) mass is 1380 g/mol. The SMILES string of the molecule is CC(C)(C)c1cc(-c2ccccc2)c(N2c3cc4c(cc3B3c5cc6sc7ccccc7c6cc5N(c5c(-c6ccccc6)cc(C(C)(C)C)cc5-c5cccc(-c6ccccc6)c5)c5cc(-c6cccc7c6sc6ccccc67)cc2c53)sc2ccccc24)c(-c2cccc(-c3ccccc3)c2)c1. The predicted molar refractivity (Wildman–Crippen MR) is 455 cm³/mol. The molecule has 0 spiro atoms. The van der Waals surface area contributed by atoms with Crippen molar-refractivity contribution in [2.75, 3.05) is 9.80 Å². The Morgan fingerprint density at radius 1 is 0.240 bits per heavy atom. The lowest BCUT2D eigenvalue weighted by Gasteiger charge is -2.46. The third kappa shape index (κ3) is 10.2. The molecule has 0 radical (unpaired) electrons. The summed E-state index contributed by atoms with van der Waals surface area (Å²) in [6.07, 6.45) is 0. The quantitative estimate of drug-likeness (QED) is 0.133. The third-order valence-corrected chi connectivity index (χ3v) is 25.4. The number of hydrogen-bond acceptors (Lipinski definition) is 5. The first kappa shape index (κ1) is 62.4. The molecule has 0 aliphatic carbocycles. The van der Waals surface area contributed by atoms with Crippen LogP contribution in [0.2, 0.25) is 0 Å². The van der Waals surface area contributed by atoms with Crippen LogP contribution in [0.5, 0.6) is 0 Å². The second-order valence-electron chi connectivity index (χ2n) is 30.3. The summed E-state index contributed by atoms with van der Waals surface area (Å²) in [7, 11) is 0. The van der Waals surface area contributed by atoms with E-state index in [1.54, 1.807) is 0 Å². The highest BCUT2D eigenvalue weighted by atomic mass is 32.1. The highest BCUT2D eigenvalue weighted by Gasteiger charge is 2.47. The smallest absolute Gasteiger partial charge is 0.252 e. The molecule has 0 amide bonds. The summed E-state index contributed by atoms with van der Waals surface area (Å²) in [4.78, 5) is 5.55. The Morgan fingerprint density at radius 2 is 0.587 bits per heavy atom. The molecule has 0 fully saturated rings. The third-order valence-electron chi connectivity index (χ3n) is 21.9. The van der Waals surface area contributed by atoms with E-state index in [-0.39, 0.29) is 17.5 Å². The molecule has 3 aromatic heterocycles. The maximum Gasteiger partial charge on any atom is 0.252 e. The molecule has 15 aromatic carbocycles. The molecule has 18 aromatic rings. The molecule has 0 bridgehead atoms. The maximum atomic E-state index is 2.77. The van der Waals surface area contributed by atoms with Crippen molar-refractivity contribution in [1.29, 1.82) is 0 Å². The van der Waals surface area contributed by atoms with Crippen molar-refractivity contribution in [2.45, 2.75) is 52.4 Å². The van der Waals surface area contributed by atoms with Gasteiger partial charge in [0.15, 0.2) is 0 Å². The highest BCUT2D eigenvalue weighted by molar-refractivity contribution is 7.27. The minimum absolute atomic E-state index is 0.220. The van der Waals surface area contributed by atoms with Gasteiger partial charge in [0, 0.05) is 106 Å². The Bertz CT molecular complexity index is 6170. The molecule has 0 N–H and O–H groups in total. The largest absolute Gasteiger partial charge is 0.310 e. The first-order valence-corrected chi connectivity index (χ1v) is 38.7.